The summed E-state index contributed by atoms with van der Waals surface area (Å²) in [6.45, 7) is 5.11. The third-order valence-corrected chi connectivity index (χ3v) is 4.42. The molecule has 2 saturated heterocycles. The molecule has 0 amide bonds. The van der Waals surface area contributed by atoms with Crippen LogP contribution in [-0.2, 0) is 9.57 Å². The normalized spacial score (nSPS) is 33.6. The van der Waals surface area contributed by atoms with Gasteiger partial charge in [-0.3, -0.25) is 9.80 Å². The van der Waals surface area contributed by atoms with E-state index >= 15 is 0 Å². The van der Waals surface area contributed by atoms with E-state index in [0.29, 0.717) is 12.6 Å². The highest BCUT2D eigenvalue weighted by Gasteiger charge is 2.32. The van der Waals surface area contributed by atoms with Gasteiger partial charge in [0.05, 0.1) is 6.04 Å². The van der Waals surface area contributed by atoms with E-state index in [2.05, 4.69) is 22.0 Å². The average molecular weight is 267 g/mol. The van der Waals surface area contributed by atoms with E-state index in [1.54, 1.807) is 0 Å². The number of hydrogen-bond donors (Lipinski definition) is 0. The molecule has 2 unspecified atom stereocenters. The van der Waals surface area contributed by atoms with Crippen molar-refractivity contribution >= 4 is 5.90 Å². The highest BCUT2D eigenvalue weighted by Crippen LogP contribution is 2.20. The maximum Gasteiger partial charge on any atom is 0.243 e. The fourth-order valence-electron chi connectivity index (χ4n) is 3.29. The lowest BCUT2D eigenvalue weighted by Crippen LogP contribution is -2.45. The number of rotatable bonds is 3. The van der Waals surface area contributed by atoms with Crippen molar-refractivity contribution < 1.29 is 9.57 Å². The van der Waals surface area contributed by atoms with Crippen molar-refractivity contribution in [3.8, 4) is 0 Å². The first kappa shape index (κ1) is 13.2. The molecule has 0 bridgehead atoms. The first-order valence-corrected chi connectivity index (χ1v) is 7.62. The van der Waals surface area contributed by atoms with E-state index in [1.807, 2.05) is 0 Å². The summed E-state index contributed by atoms with van der Waals surface area (Å²) in [4.78, 5) is 10.2. The average Bonchev–Trinajstić information content (AvgIpc) is 2.86. The molecule has 0 aliphatic carbocycles. The van der Waals surface area contributed by atoms with Crippen LogP contribution >= 0.6 is 0 Å². The SMILES string of the molecule is CN1CCCC1C1=NOCC(CN2CCCCC2)O1. The molecule has 108 valence electrons. The summed E-state index contributed by atoms with van der Waals surface area (Å²) in [7, 11) is 2.14. The molecule has 0 aromatic rings. The molecule has 5 heteroatoms. The van der Waals surface area contributed by atoms with Crippen LogP contribution in [0.1, 0.15) is 32.1 Å². The number of likely N-dealkylation sites (N-methyl/N-ethyl adjacent to an activating group) is 1. The van der Waals surface area contributed by atoms with Crippen LogP contribution in [0.4, 0.5) is 0 Å². The summed E-state index contributed by atoms with van der Waals surface area (Å²) < 4.78 is 6.09. The molecule has 5 nitrogen and oxygen atoms in total. The van der Waals surface area contributed by atoms with Crippen LogP contribution in [0.3, 0.4) is 0 Å². The van der Waals surface area contributed by atoms with Crippen LogP contribution in [0.2, 0.25) is 0 Å². The number of nitrogens with zero attached hydrogens (tertiary/aromatic N) is 3. The van der Waals surface area contributed by atoms with Crippen molar-refractivity contribution in [1.29, 1.82) is 0 Å². The number of piperidine rings is 1. The minimum absolute atomic E-state index is 0.152. The van der Waals surface area contributed by atoms with Gasteiger partial charge >= 0.3 is 0 Å². The minimum atomic E-state index is 0.152. The van der Waals surface area contributed by atoms with Gasteiger partial charge in [-0.1, -0.05) is 11.6 Å². The maximum absolute atomic E-state index is 6.09. The Balaban J connectivity index is 1.53. The third-order valence-electron chi connectivity index (χ3n) is 4.42. The van der Waals surface area contributed by atoms with E-state index in [9.17, 15) is 0 Å². The third kappa shape index (κ3) is 3.20. The van der Waals surface area contributed by atoms with Crippen molar-refractivity contribution in [3.05, 3.63) is 0 Å². The van der Waals surface area contributed by atoms with Gasteiger partial charge in [0, 0.05) is 6.54 Å². The number of oxime groups is 1. The van der Waals surface area contributed by atoms with Crippen LogP contribution in [0.25, 0.3) is 0 Å². The highest BCUT2D eigenvalue weighted by atomic mass is 16.7. The number of ether oxygens (including phenoxy) is 1. The summed E-state index contributed by atoms with van der Waals surface area (Å²) >= 11 is 0. The molecule has 0 radical (unpaired) electrons. The molecule has 2 atom stereocenters. The largest absolute Gasteiger partial charge is 0.469 e. The van der Waals surface area contributed by atoms with E-state index in [0.717, 1.165) is 25.4 Å². The topological polar surface area (TPSA) is 37.3 Å². The zero-order valence-electron chi connectivity index (χ0n) is 11.9. The second-order valence-corrected chi connectivity index (χ2v) is 5.97. The Bertz CT molecular complexity index is 329. The van der Waals surface area contributed by atoms with Crippen LogP contribution in [0, 0.1) is 0 Å². The van der Waals surface area contributed by atoms with Crippen molar-refractivity contribution in [2.24, 2.45) is 5.16 Å². The smallest absolute Gasteiger partial charge is 0.243 e. The summed E-state index contributed by atoms with van der Waals surface area (Å²) in [5.74, 6) is 0.799. The summed E-state index contributed by atoms with van der Waals surface area (Å²) in [5.41, 5.74) is 0. The monoisotopic (exact) mass is 267 g/mol. The standard InChI is InChI=1S/C14H25N3O2/c1-16-7-5-6-13(16)14-15-18-11-12(19-14)10-17-8-3-2-4-9-17/h12-13H,2-11H2,1H3. The van der Waals surface area contributed by atoms with Crippen molar-refractivity contribution in [3.63, 3.8) is 0 Å². The molecule has 0 spiro atoms. The Morgan fingerprint density at radius 3 is 2.74 bits per heavy atom. The van der Waals surface area contributed by atoms with Gasteiger partial charge in [-0.2, -0.15) is 0 Å². The van der Waals surface area contributed by atoms with Crippen LogP contribution < -0.4 is 0 Å². The molecule has 2 fully saturated rings. The molecular weight excluding hydrogens is 242 g/mol. The molecule has 0 aromatic heterocycles. The zero-order chi connectivity index (χ0) is 13.1. The van der Waals surface area contributed by atoms with Gasteiger partial charge in [0.1, 0.15) is 6.10 Å². The Morgan fingerprint density at radius 2 is 2.00 bits per heavy atom. The molecule has 3 aliphatic rings. The zero-order valence-corrected chi connectivity index (χ0v) is 11.9. The van der Waals surface area contributed by atoms with Crippen LogP contribution in [0.5, 0.6) is 0 Å². The van der Waals surface area contributed by atoms with Gasteiger partial charge in [0.2, 0.25) is 5.90 Å². The summed E-state index contributed by atoms with van der Waals surface area (Å²) in [6, 6.07) is 0.323. The Hall–Kier alpha value is -0.810. The highest BCUT2D eigenvalue weighted by molar-refractivity contribution is 5.82. The van der Waals surface area contributed by atoms with E-state index < -0.39 is 0 Å². The Labute approximate surface area is 115 Å². The molecule has 19 heavy (non-hydrogen) atoms. The van der Waals surface area contributed by atoms with E-state index in [4.69, 9.17) is 9.57 Å². The summed E-state index contributed by atoms with van der Waals surface area (Å²) in [5, 5.41) is 4.14. The molecule has 3 aliphatic heterocycles. The van der Waals surface area contributed by atoms with Crippen molar-refractivity contribution in [1.82, 2.24) is 9.80 Å². The molecule has 3 rings (SSSR count). The first-order valence-electron chi connectivity index (χ1n) is 7.62. The van der Waals surface area contributed by atoms with Crippen molar-refractivity contribution in [2.75, 3.05) is 39.8 Å². The predicted molar refractivity (Wildman–Crippen MR) is 74.2 cm³/mol. The maximum atomic E-state index is 6.09. The second kappa shape index (κ2) is 6.09. The van der Waals surface area contributed by atoms with Gasteiger partial charge < -0.3 is 9.57 Å². The number of hydrogen-bond acceptors (Lipinski definition) is 5. The molecular formula is C14H25N3O2. The lowest BCUT2D eigenvalue weighted by molar-refractivity contribution is -0.0160. The van der Waals surface area contributed by atoms with Crippen LogP contribution in [0.15, 0.2) is 5.16 Å². The van der Waals surface area contributed by atoms with Gasteiger partial charge in [0.15, 0.2) is 6.61 Å². The molecule has 0 aromatic carbocycles. The lowest BCUT2D eigenvalue weighted by Gasteiger charge is -2.33. The van der Waals surface area contributed by atoms with Gasteiger partial charge in [-0.05, 0) is 52.4 Å². The van der Waals surface area contributed by atoms with Crippen LogP contribution in [-0.4, -0.2) is 67.7 Å². The lowest BCUT2D eigenvalue weighted by atomic mass is 10.1. The molecule has 0 saturated carbocycles. The van der Waals surface area contributed by atoms with Crippen molar-refractivity contribution in [2.45, 2.75) is 44.2 Å². The molecule has 0 N–H and O–H groups in total. The summed E-state index contributed by atoms with van der Waals surface area (Å²) in [6.07, 6.45) is 6.52. The fourth-order valence-corrected chi connectivity index (χ4v) is 3.29. The predicted octanol–water partition coefficient (Wildman–Crippen LogP) is 1.30. The quantitative estimate of drug-likeness (QED) is 0.772. The Morgan fingerprint density at radius 1 is 1.16 bits per heavy atom. The van der Waals surface area contributed by atoms with E-state index in [-0.39, 0.29) is 6.10 Å². The van der Waals surface area contributed by atoms with Gasteiger partial charge in [0.25, 0.3) is 0 Å². The van der Waals surface area contributed by atoms with E-state index in [1.165, 1.54) is 38.8 Å². The molecule has 3 heterocycles. The number of likely N-dealkylation sites (tertiary alicyclic amines) is 2. The van der Waals surface area contributed by atoms with Gasteiger partial charge in [-0.15, -0.1) is 0 Å². The Kier molecular flexibility index (Phi) is 4.23. The minimum Gasteiger partial charge on any atom is -0.469 e. The second-order valence-electron chi connectivity index (χ2n) is 5.97. The first-order chi connectivity index (χ1) is 9.33. The fraction of sp³-hybridized carbons (Fsp3) is 0.929. The van der Waals surface area contributed by atoms with Gasteiger partial charge in [-0.25, -0.2) is 0 Å².